The SMILES string of the molecule is O=c1cc(N2CCOCC2)cc(-c2cccc3c2Sc2ccc(NCc4ccnnc4)cc2C3)[nH]1. The highest BCUT2D eigenvalue weighted by Crippen LogP contribution is 2.45. The molecule has 0 saturated carbocycles. The summed E-state index contributed by atoms with van der Waals surface area (Å²) >= 11 is 1.77. The van der Waals surface area contributed by atoms with Gasteiger partial charge in [-0.2, -0.15) is 10.2 Å². The quantitative estimate of drug-likeness (QED) is 0.385. The molecular formula is C27H25N5O2S. The molecule has 2 aliphatic heterocycles. The molecule has 2 aromatic carbocycles. The number of aromatic amines is 1. The van der Waals surface area contributed by atoms with Crippen LogP contribution in [-0.2, 0) is 17.7 Å². The maximum Gasteiger partial charge on any atom is 0.250 e. The topological polar surface area (TPSA) is 83.1 Å². The first-order valence-electron chi connectivity index (χ1n) is 11.7. The van der Waals surface area contributed by atoms with Crippen molar-refractivity contribution < 1.29 is 4.74 Å². The summed E-state index contributed by atoms with van der Waals surface area (Å²) in [4.78, 5) is 20.3. The average molecular weight is 484 g/mol. The summed E-state index contributed by atoms with van der Waals surface area (Å²) in [5.74, 6) is 0. The second-order valence-corrected chi connectivity index (χ2v) is 9.77. The molecule has 35 heavy (non-hydrogen) atoms. The van der Waals surface area contributed by atoms with E-state index in [1.165, 1.54) is 20.9 Å². The van der Waals surface area contributed by atoms with Gasteiger partial charge < -0.3 is 19.9 Å². The van der Waals surface area contributed by atoms with Crippen molar-refractivity contribution in [3.63, 3.8) is 0 Å². The third-order valence-electron chi connectivity index (χ3n) is 6.39. The fourth-order valence-electron chi connectivity index (χ4n) is 4.60. The molecule has 176 valence electrons. The lowest BCUT2D eigenvalue weighted by atomic mass is 9.99. The Balaban J connectivity index is 1.27. The number of anilines is 2. The van der Waals surface area contributed by atoms with E-state index in [-0.39, 0.29) is 5.56 Å². The number of fused-ring (bicyclic) bond motifs is 2. The number of rotatable bonds is 5. The van der Waals surface area contributed by atoms with E-state index in [4.69, 9.17) is 4.74 Å². The van der Waals surface area contributed by atoms with Crippen LogP contribution in [0.15, 0.2) is 81.6 Å². The number of nitrogens with zero attached hydrogens (tertiary/aromatic N) is 3. The summed E-state index contributed by atoms with van der Waals surface area (Å²) in [6.45, 7) is 3.67. The first-order chi connectivity index (χ1) is 17.2. The summed E-state index contributed by atoms with van der Waals surface area (Å²) in [7, 11) is 0. The third kappa shape index (κ3) is 4.67. The zero-order valence-electron chi connectivity index (χ0n) is 19.2. The number of hydrogen-bond acceptors (Lipinski definition) is 7. The number of benzene rings is 2. The van der Waals surface area contributed by atoms with Crippen molar-refractivity contribution >= 4 is 23.1 Å². The molecule has 2 N–H and O–H groups in total. The van der Waals surface area contributed by atoms with E-state index < -0.39 is 0 Å². The van der Waals surface area contributed by atoms with Crippen molar-refractivity contribution in [1.29, 1.82) is 0 Å². The maximum atomic E-state index is 12.6. The normalized spacial score (nSPS) is 14.8. The summed E-state index contributed by atoms with van der Waals surface area (Å²) in [5, 5.41) is 11.3. The van der Waals surface area contributed by atoms with Crippen LogP contribution in [0, 0.1) is 0 Å². The van der Waals surface area contributed by atoms with Gasteiger partial charge in [-0.1, -0.05) is 30.0 Å². The zero-order valence-corrected chi connectivity index (χ0v) is 20.0. The van der Waals surface area contributed by atoms with Crippen LogP contribution in [0.25, 0.3) is 11.3 Å². The van der Waals surface area contributed by atoms with E-state index >= 15 is 0 Å². The molecule has 6 rings (SSSR count). The Bertz CT molecular complexity index is 1420. The first kappa shape index (κ1) is 21.9. The van der Waals surface area contributed by atoms with Crippen molar-refractivity contribution in [3.8, 4) is 11.3 Å². The van der Waals surface area contributed by atoms with E-state index in [1.807, 2.05) is 6.07 Å². The monoisotopic (exact) mass is 483 g/mol. The number of aromatic nitrogens is 3. The molecule has 0 amide bonds. The predicted molar refractivity (Wildman–Crippen MR) is 138 cm³/mol. The number of pyridine rings is 1. The molecule has 2 aromatic heterocycles. The van der Waals surface area contributed by atoms with E-state index in [0.29, 0.717) is 19.8 Å². The molecule has 0 radical (unpaired) electrons. The third-order valence-corrected chi connectivity index (χ3v) is 7.69. The van der Waals surface area contributed by atoms with Gasteiger partial charge in [0.25, 0.3) is 0 Å². The Hall–Kier alpha value is -3.62. The van der Waals surface area contributed by atoms with Gasteiger partial charge in [-0.25, -0.2) is 0 Å². The van der Waals surface area contributed by atoms with Gasteiger partial charge in [0.2, 0.25) is 5.56 Å². The highest BCUT2D eigenvalue weighted by Gasteiger charge is 2.21. The predicted octanol–water partition coefficient (Wildman–Crippen LogP) is 4.34. The number of morpholine rings is 1. The van der Waals surface area contributed by atoms with Gasteiger partial charge >= 0.3 is 0 Å². The number of H-pyrrole nitrogens is 1. The second kappa shape index (κ2) is 9.56. The summed E-state index contributed by atoms with van der Waals surface area (Å²) in [6.07, 6.45) is 4.33. The Morgan fingerprint density at radius 3 is 2.80 bits per heavy atom. The highest BCUT2D eigenvalue weighted by molar-refractivity contribution is 7.99. The first-order valence-corrected chi connectivity index (χ1v) is 12.5. The van der Waals surface area contributed by atoms with Crippen LogP contribution in [0.3, 0.4) is 0 Å². The number of nitrogens with one attached hydrogen (secondary N) is 2. The summed E-state index contributed by atoms with van der Waals surface area (Å²) in [6, 6.07) is 18.6. The molecule has 1 fully saturated rings. The molecule has 7 nitrogen and oxygen atoms in total. The number of ether oxygens (including phenoxy) is 1. The zero-order chi connectivity index (χ0) is 23.6. The van der Waals surface area contributed by atoms with Gasteiger partial charge in [-0.05, 0) is 53.4 Å². The Kier molecular flexibility index (Phi) is 5.98. The van der Waals surface area contributed by atoms with E-state index in [2.05, 4.69) is 67.9 Å². The lowest BCUT2D eigenvalue weighted by molar-refractivity contribution is 0.122. The summed E-state index contributed by atoms with van der Waals surface area (Å²) in [5.41, 5.74) is 7.54. The van der Waals surface area contributed by atoms with Crippen molar-refractivity contribution in [2.24, 2.45) is 0 Å². The van der Waals surface area contributed by atoms with Gasteiger partial charge in [0.15, 0.2) is 0 Å². The molecule has 4 heterocycles. The molecule has 0 aliphatic carbocycles. The van der Waals surface area contributed by atoms with Gasteiger partial charge in [0.1, 0.15) is 0 Å². The van der Waals surface area contributed by atoms with Gasteiger partial charge in [-0.15, -0.1) is 0 Å². The Morgan fingerprint density at radius 2 is 1.94 bits per heavy atom. The van der Waals surface area contributed by atoms with Crippen molar-refractivity contribution in [1.82, 2.24) is 15.2 Å². The summed E-state index contributed by atoms with van der Waals surface area (Å²) < 4.78 is 5.48. The lowest BCUT2D eigenvalue weighted by Crippen LogP contribution is -2.36. The smallest absolute Gasteiger partial charge is 0.250 e. The van der Waals surface area contributed by atoms with Crippen LogP contribution >= 0.6 is 11.8 Å². The van der Waals surface area contributed by atoms with Crippen LogP contribution in [0.4, 0.5) is 11.4 Å². The molecule has 0 unspecified atom stereocenters. The molecule has 2 aliphatic rings. The highest BCUT2D eigenvalue weighted by atomic mass is 32.2. The molecule has 0 spiro atoms. The van der Waals surface area contributed by atoms with Crippen LogP contribution in [-0.4, -0.2) is 41.5 Å². The minimum absolute atomic E-state index is 0.0806. The van der Waals surface area contributed by atoms with E-state index in [9.17, 15) is 4.79 Å². The molecule has 1 saturated heterocycles. The van der Waals surface area contributed by atoms with E-state index in [0.717, 1.165) is 47.7 Å². The molecule has 0 atom stereocenters. The minimum atomic E-state index is -0.0806. The molecular weight excluding hydrogens is 458 g/mol. The maximum absolute atomic E-state index is 12.6. The standard InChI is InChI=1S/C27H25N5O2S/c33-26-15-22(32-8-10-34-11-9-32)14-24(31-26)23-3-1-2-19-12-20-13-21(4-5-25(20)35-27(19)23)28-16-18-6-7-29-30-17-18/h1-7,13-15,17,28H,8-12,16H2,(H,31,33). The van der Waals surface area contributed by atoms with Crippen LogP contribution in [0.2, 0.25) is 0 Å². The van der Waals surface area contributed by atoms with Gasteiger partial charge in [0, 0.05) is 58.6 Å². The van der Waals surface area contributed by atoms with Crippen molar-refractivity contribution in [2.45, 2.75) is 22.8 Å². The second-order valence-electron chi connectivity index (χ2n) is 8.72. The van der Waals surface area contributed by atoms with Crippen LogP contribution in [0.5, 0.6) is 0 Å². The van der Waals surface area contributed by atoms with Crippen molar-refractivity contribution in [2.75, 3.05) is 36.5 Å². The fourth-order valence-corrected chi connectivity index (χ4v) is 5.78. The minimum Gasteiger partial charge on any atom is -0.381 e. The van der Waals surface area contributed by atoms with Crippen LogP contribution in [0.1, 0.15) is 16.7 Å². The number of hydrogen-bond donors (Lipinski definition) is 2. The Labute approximate surface area is 207 Å². The molecule has 4 aromatic rings. The Morgan fingerprint density at radius 1 is 1.03 bits per heavy atom. The fraction of sp³-hybridized carbons (Fsp3) is 0.222. The van der Waals surface area contributed by atoms with E-state index in [1.54, 1.807) is 30.2 Å². The largest absolute Gasteiger partial charge is 0.381 e. The van der Waals surface area contributed by atoms with Gasteiger partial charge in [0.05, 0.1) is 25.1 Å². The average Bonchev–Trinajstić information content (AvgIpc) is 2.91. The molecule has 0 bridgehead atoms. The van der Waals surface area contributed by atoms with Crippen LogP contribution < -0.4 is 15.8 Å². The van der Waals surface area contributed by atoms with Gasteiger partial charge in [-0.3, -0.25) is 4.79 Å². The molecule has 8 heteroatoms. The lowest BCUT2D eigenvalue weighted by Gasteiger charge is -2.29. The van der Waals surface area contributed by atoms with Crippen molar-refractivity contribution in [3.05, 3.63) is 94.0 Å².